The smallest absolute Gasteiger partial charge is 0.182 e. The van der Waals surface area contributed by atoms with E-state index in [2.05, 4.69) is 19.9 Å². The predicted molar refractivity (Wildman–Crippen MR) is 121 cm³/mol. The van der Waals surface area contributed by atoms with Crippen LogP contribution in [0.2, 0.25) is 0 Å². The van der Waals surface area contributed by atoms with Crippen molar-refractivity contribution in [3.05, 3.63) is 54.1 Å². The largest absolute Gasteiger partial charge is 0.392 e. The van der Waals surface area contributed by atoms with Crippen LogP contribution in [0.25, 0.3) is 0 Å². The maximum atomic E-state index is 12.7. The highest BCUT2D eigenvalue weighted by molar-refractivity contribution is 7.91. The normalized spacial score (nSPS) is 28.5. The molecule has 0 radical (unpaired) electrons. The minimum atomic E-state index is -3.34. The van der Waals surface area contributed by atoms with E-state index in [1.165, 1.54) is 12.8 Å². The van der Waals surface area contributed by atoms with Crippen LogP contribution in [-0.4, -0.2) is 36.6 Å². The Balaban J connectivity index is 1.59. The highest BCUT2D eigenvalue weighted by Gasteiger charge is 2.44. The van der Waals surface area contributed by atoms with Gasteiger partial charge in [0.1, 0.15) is 0 Å². The molecule has 4 nitrogen and oxygen atoms in total. The van der Waals surface area contributed by atoms with Gasteiger partial charge in [0.2, 0.25) is 0 Å². The van der Waals surface area contributed by atoms with Gasteiger partial charge in [0.05, 0.1) is 22.9 Å². The van der Waals surface area contributed by atoms with Gasteiger partial charge in [-0.3, -0.25) is 0 Å². The van der Waals surface area contributed by atoms with Crippen molar-refractivity contribution >= 4 is 9.84 Å². The zero-order valence-corrected chi connectivity index (χ0v) is 19.0. The number of hydrogen-bond donors (Lipinski definition) is 2. The van der Waals surface area contributed by atoms with Crippen molar-refractivity contribution in [3.8, 4) is 0 Å². The van der Waals surface area contributed by atoms with Gasteiger partial charge in [-0.25, -0.2) is 8.42 Å². The van der Waals surface area contributed by atoms with E-state index >= 15 is 0 Å². The topological polar surface area (TPSA) is 74.6 Å². The lowest BCUT2D eigenvalue weighted by Crippen LogP contribution is -2.19. The SMILES string of the molecule is CCCCC(C)C[C@H](O)/C=C/[C@H]1[C@H]2CC(CS(=O)(=O)c3ccccc3)=C[C@H]2C[C@H]1O. The second-order valence-corrected chi connectivity index (χ2v) is 11.2. The third kappa shape index (κ3) is 5.83. The molecule has 0 aromatic heterocycles. The van der Waals surface area contributed by atoms with Gasteiger partial charge in [0.25, 0.3) is 0 Å². The number of unbranched alkanes of at least 4 members (excludes halogenated alkanes) is 1. The molecule has 0 spiro atoms. The average molecular weight is 433 g/mol. The van der Waals surface area contributed by atoms with E-state index in [-0.39, 0.29) is 23.5 Å². The first-order valence-electron chi connectivity index (χ1n) is 11.3. The van der Waals surface area contributed by atoms with E-state index in [0.717, 1.165) is 18.4 Å². The molecular weight excluding hydrogens is 396 g/mol. The lowest BCUT2D eigenvalue weighted by atomic mass is 9.88. The van der Waals surface area contributed by atoms with Gasteiger partial charge >= 0.3 is 0 Å². The van der Waals surface area contributed by atoms with Gasteiger partial charge in [-0.05, 0) is 49.1 Å². The Labute approximate surface area is 181 Å². The molecule has 0 aliphatic heterocycles. The zero-order chi connectivity index (χ0) is 21.7. The van der Waals surface area contributed by atoms with Crippen LogP contribution in [-0.2, 0) is 9.84 Å². The summed E-state index contributed by atoms with van der Waals surface area (Å²) in [6.45, 7) is 4.35. The van der Waals surface area contributed by atoms with Crippen molar-refractivity contribution in [2.45, 2.75) is 69.5 Å². The molecule has 2 aliphatic rings. The van der Waals surface area contributed by atoms with Gasteiger partial charge < -0.3 is 10.2 Å². The van der Waals surface area contributed by atoms with Crippen LogP contribution in [0, 0.1) is 23.7 Å². The van der Waals surface area contributed by atoms with Gasteiger partial charge in [-0.1, -0.05) is 75.1 Å². The standard InChI is InChI=1S/C25H36O4S/c1-3-4-8-18(2)13-21(26)11-12-23-24-15-19(14-20(24)16-25(23)27)17-30(28,29)22-9-6-5-7-10-22/h5-7,9-12,14,18,20-21,23-27H,3-4,8,13,15-17H2,1-2H3/b12-11+/t18?,20-,21+,23-,24-,25+/m0/s1. The Morgan fingerprint density at radius 3 is 2.67 bits per heavy atom. The molecule has 5 heteroatoms. The molecule has 1 fully saturated rings. The lowest BCUT2D eigenvalue weighted by Gasteiger charge is -2.19. The Morgan fingerprint density at radius 2 is 1.97 bits per heavy atom. The number of fused-ring (bicyclic) bond motifs is 1. The van der Waals surface area contributed by atoms with Crippen LogP contribution in [0.3, 0.4) is 0 Å². The van der Waals surface area contributed by atoms with E-state index < -0.39 is 22.0 Å². The van der Waals surface area contributed by atoms with Gasteiger partial charge in [-0.15, -0.1) is 0 Å². The Morgan fingerprint density at radius 1 is 1.23 bits per heavy atom. The summed E-state index contributed by atoms with van der Waals surface area (Å²) in [5, 5.41) is 20.9. The van der Waals surface area contributed by atoms with Crippen LogP contribution in [0.15, 0.2) is 59.0 Å². The number of benzene rings is 1. The van der Waals surface area contributed by atoms with Crippen molar-refractivity contribution in [3.63, 3.8) is 0 Å². The molecule has 1 saturated carbocycles. The summed E-state index contributed by atoms with van der Waals surface area (Å²) in [5.41, 5.74) is 0.952. The van der Waals surface area contributed by atoms with Crippen LogP contribution in [0.5, 0.6) is 0 Å². The summed E-state index contributed by atoms with van der Waals surface area (Å²) in [6, 6.07) is 8.59. The lowest BCUT2D eigenvalue weighted by molar-refractivity contribution is 0.139. The second kappa shape index (κ2) is 10.3. The summed E-state index contributed by atoms with van der Waals surface area (Å²) < 4.78 is 25.4. The number of aliphatic hydroxyl groups is 2. The van der Waals surface area contributed by atoms with Crippen LogP contribution >= 0.6 is 0 Å². The van der Waals surface area contributed by atoms with Crippen molar-refractivity contribution < 1.29 is 18.6 Å². The minimum Gasteiger partial charge on any atom is -0.392 e. The third-order valence-corrected chi connectivity index (χ3v) is 8.42. The van der Waals surface area contributed by atoms with Crippen molar-refractivity contribution in [1.29, 1.82) is 0 Å². The van der Waals surface area contributed by atoms with E-state index in [1.807, 2.05) is 18.2 Å². The molecule has 6 atom stereocenters. The Bertz CT molecular complexity index is 843. The second-order valence-electron chi connectivity index (χ2n) is 9.24. The first-order valence-corrected chi connectivity index (χ1v) is 13.0. The fourth-order valence-electron chi connectivity index (χ4n) is 5.09. The molecule has 2 N–H and O–H groups in total. The van der Waals surface area contributed by atoms with E-state index in [4.69, 9.17) is 0 Å². The fourth-order valence-corrected chi connectivity index (χ4v) is 6.53. The maximum absolute atomic E-state index is 12.7. The average Bonchev–Trinajstić information content (AvgIpc) is 3.20. The fraction of sp³-hybridized carbons (Fsp3) is 0.600. The summed E-state index contributed by atoms with van der Waals surface area (Å²) in [7, 11) is -3.34. The van der Waals surface area contributed by atoms with Crippen LogP contribution in [0.1, 0.15) is 52.4 Å². The molecule has 1 unspecified atom stereocenters. The molecule has 30 heavy (non-hydrogen) atoms. The van der Waals surface area contributed by atoms with Crippen LogP contribution < -0.4 is 0 Å². The predicted octanol–water partition coefficient (Wildman–Crippen LogP) is 4.54. The summed E-state index contributed by atoms with van der Waals surface area (Å²) in [5.74, 6) is 0.949. The van der Waals surface area contributed by atoms with Crippen LogP contribution in [0.4, 0.5) is 0 Å². The molecule has 2 aliphatic carbocycles. The highest BCUT2D eigenvalue weighted by atomic mass is 32.2. The maximum Gasteiger partial charge on any atom is 0.182 e. The van der Waals surface area contributed by atoms with Crippen molar-refractivity contribution in [1.82, 2.24) is 0 Å². The summed E-state index contributed by atoms with van der Waals surface area (Å²) >= 11 is 0. The molecule has 1 aromatic rings. The number of sulfone groups is 1. The highest BCUT2D eigenvalue weighted by Crippen LogP contribution is 2.47. The van der Waals surface area contributed by atoms with E-state index in [1.54, 1.807) is 24.3 Å². The van der Waals surface area contributed by atoms with Gasteiger partial charge in [-0.2, -0.15) is 0 Å². The van der Waals surface area contributed by atoms with E-state index in [9.17, 15) is 18.6 Å². The molecule has 166 valence electrons. The third-order valence-electron chi connectivity index (χ3n) is 6.68. The number of hydrogen-bond acceptors (Lipinski definition) is 4. The summed E-state index contributed by atoms with van der Waals surface area (Å²) in [4.78, 5) is 0.361. The molecule has 0 saturated heterocycles. The Kier molecular flexibility index (Phi) is 7.94. The van der Waals surface area contributed by atoms with Crippen molar-refractivity contribution in [2.75, 3.05) is 5.75 Å². The quantitative estimate of drug-likeness (QED) is 0.533. The molecule has 1 aromatic carbocycles. The van der Waals surface area contributed by atoms with Gasteiger partial charge in [0, 0.05) is 5.92 Å². The number of aliphatic hydroxyl groups excluding tert-OH is 2. The zero-order valence-electron chi connectivity index (χ0n) is 18.2. The molecule has 0 bridgehead atoms. The molecule has 0 heterocycles. The first kappa shape index (κ1) is 23.2. The molecule has 3 rings (SSSR count). The minimum absolute atomic E-state index is 0.0243. The number of rotatable bonds is 10. The van der Waals surface area contributed by atoms with Gasteiger partial charge in [0.15, 0.2) is 9.84 Å². The monoisotopic (exact) mass is 432 g/mol. The van der Waals surface area contributed by atoms with E-state index in [0.29, 0.717) is 23.7 Å². The summed E-state index contributed by atoms with van der Waals surface area (Å²) in [6.07, 6.45) is 10.6. The molecular formula is C25H36O4S. The number of allylic oxidation sites excluding steroid dienone is 1. The first-order chi connectivity index (χ1) is 14.3. The molecule has 0 amide bonds. The van der Waals surface area contributed by atoms with Crippen molar-refractivity contribution in [2.24, 2.45) is 23.7 Å². The Hall–Kier alpha value is -1.43.